The predicted molar refractivity (Wildman–Crippen MR) is 107 cm³/mol. The third kappa shape index (κ3) is 3.19. The molecule has 28 heavy (non-hydrogen) atoms. The first kappa shape index (κ1) is 19.0. The first-order valence-corrected chi connectivity index (χ1v) is 11.2. The number of carbonyl (C=O) groups is 1. The van der Waals surface area contributed by atoms with Gasteiger partial charge in [0.25, 0.3) is 15.9 Å². The van der Waals surface area contributed by atoms with Gasteiger partial charge in [0.1, 0.15) is 4.90 Å². The van der Waals surface area contributed by atoms with Crippen molar-refractivity contribution in [3.05, 3.63) is 54.1 Å². The average molecular weight is 418 g/mol. The Bertz CT molecular complexity index is 1140. The maximum Gasteiger partial charge on any atom is 0.269 e. The summed E-state index contributed by atoms with van der Waals surface area (Å²) < 4.78 is 33.5. The zero-order chi connectivity index (χ0) is 19.7. The molecule has 4 rings (SSSR count). The fourth-order valence-electron chi connectivity index (χ4n) is 3.23. The van der Waals surface area contributed by atoms with Gasteiger partial charge in [-0.05, 0) is 24.3 Å². The molecule has 2 aromatic carbocycles. The molecule has 0 spiro atoms. The average Bonchev–Trinajstić information content (AvgIpc) is 3.14. The summed E-state index contributed by atoms with van der Waals surface area (Å²) in [7, 11) is -2.13. The number of methoxy groups -OCH3 is 1. The zero-order valence-corrected chi connectivity index (χ0v) is 16.9. The van der Waals surface area contributed by atoms with Crippen LogP contribution < -0.4 is 0 Å². The molecule has 2 heterocycles. The van der Waals surface area contributed by atoms with Crippen LogP contribution in [0.25, 0.3) is 11.0 Å². The number of carbonyl (C=O) groups excluding carboxylic acids is 1. The smallest absolute Gasteiger partial charge is 0.269 e. The highest BCUT2D eigenvalue weighted by Crippen LogP contribution is 2.31. The molecular formula is C19H19N3O4S2. The van der Waals surface area contributed by atoms with E-state index in [0.29, 0.717) is 18.9 Å². The molecule has 1 amide bonds. The third-order valence-electron chi connectivity index (χ3n) is 4.58. The molecule has 1 aromatic heterocycles. The molecule has 146 valence electrons. The van der Waals surface area contributed by atoms with Gasteiger partial charge in [-0.1, -0.05) is 36.0 Å². The van der Waals surface area contributed by atoms with Crippen LogP contribution in [0.5, 0.6) is 0 Å². The quantitative estimate of drug-likeness (QED) is 0.550. The van der Waals surface area contributed by atoms with E-state index in [1.807, 2.05) is 24.3 Å². The molecule has 0 saturated heterocycles. The number of rotatable bonds is 7. The molecular weight excluding hydrogens is 398 g/mol. The van der Waals surface area contributed by atoms with E-state index in [0.717, 1.165) is 20.5 Å². The Morgan fingerprint density at radius 3 is 2.61 bits per heavy atom. The van der Waals surface area contributed by atoms with Crippen molar-refractivity contribution in [2.45, 2.75) is 16.6 Å². The van der Waals surface area contributed by atoms with Crippen LogP contribution >= 0.6 is 11.8 Å². The highest BCUT2D eigenvalue weighted by atomic mass is 32.2. The van der Waals surface area contributed by atoms with Crippen LogP contribution in [0.15, 0.2) is 58.6 Å². The third-order valence-corrected chi connectivity index (χ3v) is 7.37. The second-order valence-electron chi connectivity index (χ2n) is 6.25. The van der Waals surface area contributed by atoms with Gasteiger partial charge in [0.2, 0.25) is 0 Å². The summed E-state index contributed by atoms with van der Waals surface area (Å²) in [6, 6.07) is 14.1. The standard InChI is InChI=1S/C19H19N3O4S2/c1-26-12-10-21-16-8-4-3-7-15(16)20-19(21)27-13-11-22-18(23)14-6-2-5-9-17(14)28(22,24)25/h2-9H,10-13H2,1H3. The number of aromatic nitrogens is 2. The Balaban J connectivity index is 1.53. The summed E-state index contributed by atoms with van der Waals surface area (Å²) in [6.45, 7) is 1.28. The Morgan fingerprint density at radius 1 is 1.07 bits per heavy atom. The molecule has 3 aromatic rings. The van der Waals surface area contributed by atoms with Crippen LogP contribution in [0.3, 0.4) is 0 Å². The Labute approximate surface area is 167 Å². The SMILES string of the molecule is COCCn1c(SCCN2C(=O)c3ccccc3S2(=O)=O)nc2ccccc21. The van der Waals surface area contributed by atoms with Crippen LogP contribution in [0, 0.1) is 0 Å². The molecule has 9 heteroatoms. The molecule has 0 unspecified atom stereocenters. The largest absolute Gasteiger partial charge is 0.383 e. The summed E-state index contributed by atoms with van der Waals surface area (Å²) in [4.78, 5) is 17.2. The van der Waals surface area contributed by atoms with E-state index in [-0.39, 0.29) is 17.0 Å². The number of imidazole rings is 1. The molecule has 0 saturated carbocycles. The van der Waals surface area contributed by atoms with Crippen LogP contribution in [0.4, 0.5) is 0 Å². The number of benzene rings is 2. The van der Waals surface area contributed by atoms with Gasteiger partial charge in [-0.2, -0.15) is 0 Å². The van der Waals surface area contributed by atoms with Crippen molar-refractivity contribution in [3.63, 3.8) is 0 Å². The molecule has 0 fully saturated rings. The number of nitrogens with zero attached hydrogens (tertiary/aromatic N) is 3. The van der Waals surface area contributed by atoms with E-state index in [2.05, 4.69) is 9.55 Å². The minimum Gasteiger partial charge on any atom is -0.383 e. The van der Waals surface area contributed by atoms with Gasteiger partial charge in [0.15, 0.2) is 5.16 Å². The topological polar surface area (TPSA) is 81.5 Å². The summed E-state index contributed by atoms with van der Waals surface area (Å²) >= 11 is 1.43. The van der Waals surface area contributed by atoms with Crippen LogP contribution in [-0.4, -0.2) is 54.2 Å². The van der Waals surface area contributed by atoms with Crippen molar-refractivity contribution in [3.8, 4) is 0 Å². The Kier molecular flexibility index (Phi) is 5.13. The number of amides is 1. The van der Waals surface area contributed by atoms with E-state index in [1.165, 1.54) is 17.8 Å². The van der Waals surface area contributed by atoms with Gasteiger partial charge in [-0.3, -0.25) is 4.79 Å². The van der Waals surface area contributed by atoms with Crippen molar-refractivity contribution in [1.82, 2.24) is 13.9 Å². The minimum absolute atomic E-state index is 0.0809. The normalized spacial score (nSPS) is 15.3. The second-order valence-corrected chi connectivity index (χ2v) is 9.15. The van der Waals surface area contributed by atoms with Crippen LogP contribution in [0.1, 0.15) is 10.4 Å². The number of fused-ring (bicyclic) bond motifs is 2. The molecule has 7 nitrogen and oxygen atoms in total. The van der Waals surface area contributed by atoms with Crippen molar-refractivity contribution in [2.75, 3.05) is 26.0 Å². The van der Waals surface area contributed by atoms with E-state index in [1.54, 1.807) is 25.3 Å². The van der Waals surface area contributed by atoms with Gasteiger partial charge >= 0.3 is 0 Å². The molecule has 0 atom stereocenters. The summed E-state index contributed by atoms with van der Waals surface area (Å²) in [6.07, 6.45) is 0. The summed E-state index contributed by atoms with van der Waals surface area (Å²) in [5.74, 6) is -0.0565. The first-order chi connectivity index (χ1) is 13.5. The first-order valence-electron chi connectivity index (χ1n) is 8.77. The fraction of sp³-hybridized carbons (Fsp3) is 0.263. The molecule has 1 aliphatic heterocycles. The minimum atomic E-state index is -3.78. The van der Waals surface area contributed by atoms with E-state index < -0.39 is 15.9 Å². The lowest BCUT2D eigenvalue weighted by molar-refractivity contribution is 0.0876. The van der Waals surface area contributed by atoms with Crippen molar-refractivity contribution >= 4 is 38.7 Å². The van der Waals surface area contributed by atoms with Crippen molar-refractivity contribution in [1.29, 1.82) is 0 Å². The maximum absolute atomic E-state index is 12.6. The van der Waals surface area contributed by atoms with Crippen molar-refractivity contribution < 1.29 is 17.9 Å². The van der Waals surface area contributed by atoms with Crippen molar-refractivity contribution in [2.24, 2.45) is 0 Å². The maximum atomic E-state index is 12.6. The van der Waals surface area contributed by atoms with E-state index in [4.69, 9.17) is 4.74 Å². The molecule has 0 radical (unpaired) electrons. The van der Waals surface area contributed by atoms with Gasteiger partial charge in [-0.15, -0.1) is 0 Å². The van der Waals surface area contributed by atoms with E-state index in [9.17, 15) is 13.2 Å². The lowest BCUT2D eigenvalue weighted by atomic mass is 10.2. The number of para-hydroxylation sites is 2. The number of hydrogen-bond acceptors (Lipinski definition) is 6. The molecule has 0 N–H and O–H groups in total. The number of sulfonamides is 1. The highest BCUT2D eigenvalue weighted by molar-refractivity contribution is 7.99. The molecule has 0 bridgehead atoms. The van der Waals surface area contributed by atoms with Crippen LogP contribution in [0.2, 0.25) is 0 Å². The second kappa shape index (κ2) is 7.57. The molecule has 0 aliphatic carbocycles. The summed E-state index contributed by atoms with van der Waals surface area (Å²) in [5, 5.41) is 0.778. The predicted octanol–water partition coefficient (Wildman–Crippen LogP) is 2.62. The zero-order valence-electron chi connectivity index (χ0n) is 15.2. The fourth-order valence-corrected chi connectivity index (χ4v) is 5.88. The van der Waals surface area contributed by atoms with Gasteiger partial charge < -0.3 is 9.30 Å². The number of hydrogen-bond donors (Lipinski definition) is 0. The van der Waals surface area contributed by atoms with E-state index >= 15 is 0 Å². The molecule has 1 aliphatic rings. The number of ether oxygens (including phenoxy) is 1. The highest BCUT2D eigenvalue weighted by Gasteiger charge is 2.40. The van der Waals surface area contributed by atoms with Gasteiger partial charge in [0, 0.05) is 26.0 Å². The lowest BCUT2D eigenvalue weighted by Gasteiger charge is -2.15. The van der Waals surface area contributed by atoms with Gasteiger partial charge in [-0.25, -0.2) is 17.7 Å². The Morgan fingerprint density at radius 2 is 1.82 bits per heavy atom. The lowest BCUT2D eigenvalue weighted by Crippen LogP contribution is -2.32. The van der Waals surface area contributed by atoms with Crippen LogP contribution in [-0.2, 0) is 21.3 Å². The Hall–Kier alpha value is -2.36. The van der Waals surface area contributed by atoms with Gasteiger partial charge in [0.05, 0.1) is 23.2 Å². The monoisotopic (exact) mass is 417 g/mol. The summed E-state index contributed by atoms with van der Waals surface area (Å²) in [5.41, 5.74) is 2.11. The number of thioether (sulfide) groups is 1.